The van der Waals surface area contributed by atoms with Crippen molar-refractivity contribution < 1.29 is 9.59 Å². The summed E-state index contributed by atoms with van der Waals surface area (Å²) in [5.74, 6) is -0.0698. The molecule has 2 aromatic rings. The predicted molar refractivity (Wildman–Crippen MR) is 104 cm³/mol. The van der Waals surface area contributed by atoms with Crippen LogP contribution in [0, 0.1) is 0 Å². The molecule has 0 atom stereocenters. The maximum absolute atomic E-state index is 12.6. The van der Waals surface area contributed by atoms with Gasteiger partial charge >= 0.3 is 0 Å². The molecule has 3 rings (SSSR count). The van der Waals surface area contributed by atoms with Crippen LogP contribution in [0.25, 0.3) is 10.6 Å². The SMILES string of the molecule is CCCNC(=O)c1csc(-c2ccc(C(=O)N3CCN(C)CC3)cc2)n1. The second-order valence-electron chi connectivity index (χ2n) is 6.47. The Morgan fingerprint density at radius 2 is 1.85 bits per heavy atom. The van der Waals surface area contributed by atoms with E-state index in [1.54, 1.807) is 5.38 Å². The van der Waals surface area contributed by atoms with Crippen LogP contribution in [0.1, 0.15) is 34.2 Å². The van der Waals surface area contributed by atoms with Crippen molar-refractivity contribution in [3.8, 4) is 10.6 Å². The number of nitrogens with zero attached hydrogens (tertiary/aromatic N) is 3. The Labute approximate surface area is 157 Å². The summed E-state index contributed by atoms with van der Waals surface area (Å²) in [4.78, 5) is 33.1. The zero-order chi connectivity index (χ0) is 18.5. The van der Waals surface area contributed by atoms with E-state index in [1.165, 1.54) is 11.3 Å². The van der Waals surface area contributed by atoms with Gasteiger partial charge in [-0.25, -0.2) is 4.98 Å². The molecule has 0 aliphatic carbocycles. The van der Waals surface area contributed by atoms with Gasteiger partial charge in [0.25, 0.3) is 11.8 Å². The standard InChI is InChI=1S/C19H24N4O2S/c1-3-8-20-17(24)16-13-26-18(21-16)14-4-6-15(7-5-14)19(25)23-11-9-22(2)10-12-23/h4-7,13H,3,8-12H2,1-2H3,(H,20,24). The lowest BCUT2D eigenvalue weighted by molar-refractivity contribution is 0.0664. The number of aromatic nitrogens is 1. The zero-order valence-electron chi connectivity index (χ0n) is 15.2. The molecule has 0 spiro atoms. The molecule has 1 aromatic heterocycles. The van der Waals surface area contributed by atoms with E-state index in [9.17, 15) is 9.59 Å². The van der Waals surface area contributed by atoms with Crippen LogP contribution in [0.3, 0.4) is 0 Å². The van der Waals surface area contributed by atoms with Crippen molar-refractivity contribution in [3.05, 3.63) is 40.9 Å². The lowest BCUT2D eigenvalue weighted by Gasteiger charge is -2.32. The number of piperazine rings is 1. The number of rotatable bonds is 5. The van der Waals surface area contributed by atoms with E-state index in [0.29, 0.717) is 17.8 Å². The normalized spacial score (nSPS) is 15.1. The Kier molecular flexibility index (Phi) is 6.00. The van der Waals surface area contributed by atoms with Gasteiger partial charge in [0.05, 0.1) is 0 Å². The first-order valence-corrected chi connectivity index (χ1v) is 9.78. The first kappa shape index (κ1) is 18.5. The Morgan fingerprint density at radius 3 is 2.50 bits per heavy atom. The van der Waals surface area contributed by atoms with Crippen LogP contribution < -0.4 is 5.32 Å². The molecule has 138 valence electrons. The van der Waals surface area contributed by atoms with Crippen molar-refractivity contribution in [3.63, 3.8) is 0 Å². The van der Waals surface area contributed by atoms with Gasteiger partial charge in [-0.05, 0) is 25.6 Å². The van der Waals surface area contributed by atoms with Crippen LogP contribution in [-0.4, -0.2) is 66.4 Å². The van der Waals surface area contributed by atoms with Crippen LogP contribution in [0.2, 0.25) is 0 Å². The van der Waals surface area contributed by atoms with E-state index in [4.69, 9.17) is 0 Å². The summed E-state index contributed by atoms with van der Waals surface area (Å²) < 4.78 is 0. The fraction of sp³-hybridized carbons (Fsp3) is 0.421. The monoisotopic (exact) mass is 372 g/mol. The Balaban J connectivity index is 1.67. The second kappa shape index (κ2) is 8.42. The highest BCUT2D eigenvalue weighted by Crippen LogP contribution is 2.24. The maximum Gasteiger partial charge on any atom is 0.270 e. The topological polar surface area (TPSA) is 65.5 Å². The Hall–Kier alpha value is -2.25. The van der Waals surface area contributed by atoms with Crippen molar-refractivity contribution in [1.82, 2.24) is 20.1 Å². The molecule has 0 bridgehead atoms. The van der Waals surface area contributed by atoms with Gasteiger partial charge < -0.3 is 15.1 Å². The van der Waals surface area contributed by atoms with E-state index in [-0.39, 0.29) is 11.8 Å². The minimum Gasteiger partial charge on any atom is -0.351 e. The largest absolute Gasteiger partial charge is 0.351 e. The molecular formula is C19H24N4O2S. The third kappa shape index (κ3) is 4.28. The minimum absolute atomic E-state index is 0.0726. The van der Waals surface area contributed by atoms with Gasteiger partial charge in [0, 0.05) is 49.2 Å². The van der Waals surface area contributed by atoms with Gasteiger partial charge in [-0.1, -0.05) is 19.1 Å². The lowest BCUT2D eigenvalue weighted by Crippen LogP contribution is -2.47. The van der Waals surface area contributed by atoms with Crippen LogP contribution in [0.4, 0.5) is 0 Å². The van der Waals surface area contributed by atoms with Crippen LogP contribution >= 0.6 is 11.3 Å². The highest BCUT2D eigenvalue weighted by Gasteiger charge is 2.20. The number of nitrogens with one attached hydrogen (secondary N) is 1. The number of hydrogen-bond acceptors (Lipinski definition) is 5. The third-order valence-electron chi connectivity index (χ3n) is 4.44. The molecule has 7 heteroatoms. The highest BCUT2D eigenvalue weighted by molar-refractivity contribution is 7.13. The predicted octanol–water partition coefficient (Wildman–Crippen LogP) is 2.34. The second-order valence-corrected chi connectivity index (χ2v) is 7.32. The number of amides is 2. The number of carbonyl (C=O) groups excluding carboxylic acids is 2. The molecule has 0 radical (unpaired) electrons. The summed E-state index contributed by atoms with van der Waals surface area (Å²) in [6.07, 6.45) is 0.894. The lowest BCUT2D eigenvalue weighted by atomic mass is 10.1. The zero-order valence-corrected chi connectivity index (χ0v) is 16.0. The highest BCUT2D eigenvalue weighted by atomic mass is 32.1. The van der Waals surface area contributed by atoms with Gasteiger partial charge in [-0.2, -0.15) is 0 Å². The number of benzene rings is 1. The Morgan fingerprint density at radius 1 is 1.15 bits per heavy atom. The third-order valence-corrected chi connectivity index (χ3v) is 5.33. The van der Waals surface area contributed by atoms with Gasteiger partial charge in [-0.3, -0.25) is 9.59 Å². The average Bonchev–Trinajstić information content (AvgIpc) is 3.16. The smallest absolute Gasteiger partial charge is 0.270 e. The first-order chi connectivity index (χ1) is 12.6. The molecule has 26 heavy (non-hydrogen) atoms. The molecule has 0 unspecified atom stereocenters. The van der Waals surface area contributed by atoms with Gasteiger partial charge in [-0.15, -0.1) is 11.3 Å². The van der Waals surface area contributed by atoms with Crippen LogP contribution in [-0.2, 0) is 0 Å². The van der Waals surface area contributed by atoms with Gasteiger partial charge in [0.1, 0.15) is 10.7 Å². The summed E-state index contributed by atoms with van der Waals surface area (Å²) in [5, 5.41) is 5.38. The molecule has 1 aromatic carbocycles. The molecule has 2 heterocycles. The summed E-state index contributed by atoms with van der Waals surface area (Å²) in [6.45, 7) is 6.00. The van der Waals surface area contributed by atoms with Crippen molar-refractivity contribution in [2.45, 2.75) is 13.3 Å². The molecule has 2 amide bonds. The number of hydrogen-bond donors (Lipinski definition) is 1. The van der Waals surface area contributed by atoms with Crippen molar-refractivity contribution >= 4 is 23.2 Å². The minimum atomic E-state index is -0.142. The molecule has 6 nitrogen and oxygen atoms in total. The molecule has 1 aliphatic heterocycles. The molecular weight excluding hydrogens is 348 g/mol. The van der Waals surface area contributed by atoms with E-state index in [1.807, 2.05) is 36.1 Å². The van der Waals surface area contributed by atoms with E-state index >= 15 is 0 Å². The number of thiazole rings is 1. The van der Waals surface area contributed by atoms with Gasteiger partial charge in [0.2, 0.25) is 0 Å². The van der Waals surface area contributed by atoms with Crippen LogP contribution in [0.5, 0.6) is 0 Å². The first-order valence-electron chi connectivity index (χ1n) is 8.90. The van der Waals surface area contributed by atoms with E-state index in [2.05, 4.69) is 22.2 Å². The molecule has 1 aliphatic rings. The van der Waals surface area contributed by atoms with Crippen molar-refractivity contribution in [2.24, 2.45) is 0 Å². The fourth-order valence-electron chi connectivity index (χ4n) is 2.79. The van der Waals surface area contributed by atoms with Crippen LogP contribution in [0.15, 0.2) is 29.6 Å². The summed E-state index contributed by atoms with van der Waals surface area (Å²) in [7, 11) is 2.07. The Bertz CT molecular complexity index is 764. The molecule has 1 fully saturated rings. The number of carbonyl (C=O) groups is 2. The average molecular weight is 372 g/mol. The maximum atomic E-state index is 12.6. The number of likely N-dealkylation sites (N-methyl/N-ethyl adjacent to an activating group) is 1. The molecule has 0 saturated carbocycles. The van der Waals surface area contributed by atoms with Crippen molar-refractivity contribution in [2.75, 3.05) is 39.8 Å². The summed E-state index contributed by atoms with van der Waals surface area (Å²) >= 11 is 1.43. The van der Waals surface area contributed by atoms with E-state index < -0.39 is 0 Å². The quantitative estimate of drug-likeness (QED) is 0.875. The van der Waals surface area contributed by atoms with Crippen molar-refractivity contribution in [1.29, 1.82) is 0 Å². The van der Waals surface area contributed by atoms with E-state index in [0.717, 1.165) is 43.2 Å². The molecule has 1 N–H and O–H groups in total. The van der Waals surface area contributed by atoms with Gasteiger partial charge in [0.15, 0.2) is 0 Å². The summed E-state index contributed by atoms with van der Waals surface area (Å²) in [5.41, 5.74) is 2.05. The molecule has 1 saturated heterocycles. The fourth-order valence-corrected chi connectivity index (χ4v) is 3.59. The summed E-state index contributed by atoms with van der Waals surface area (Å²) in [6, 6.07) is 7.48.